The molecule has 3 nitrogen and oxygen atoms in total. The fraction of sp³-hybridized carbons (Fsp3) is 0.429. The molecule has 0 saturated heterocycles. The van der Waals surface area contributed by atoms with E-state index in [0.29, 0.717) is 6.61 Å². The minimum absolute atomic E-state index is 0.636. The van der Waals surface area contributed by atoms with E-state index in [1.807, 2.05) is 32.2 Å². The first kappa shape index (κ1) is 13.6. The molecular weight excluding hydrogens is 214 g/mol. The second-order valence-electron chi connectivity index (χ2n) is 4.07. The van der Waals surface area contributed by atoms with E-state index in [1.165, 1.54) is 5.56 Å². The molecular formula is C14H21NO2. The van der Waals surface area contributed by atoms with E-state index in [1.54, 1.807) is 7.11 Å². The van der Waals surface area contributed by atoms with Crippen LogP contribution in [0.5, 0.6) is 11.5 Å². The first-order valence-electron chi connectivity index (χ1n) is 5.76. The summed E-state index contributed by atoms with van der Waals surface area (Å²) >= 11 is 0. The third kappa shape index (κ3) is 4.49. The lowest BCUT2D eigenvalue weighted by Crippen LogP contribution is -2.06. The molecule has 0 spiro atoms. The van der Waals surface area contributed by atoms with Crippen molar-refractivity contribution in [3.8, 4) is 11.5 Å². The lowest BCUT2D eigenvalue weighted by Gasteiger charge is -2.12. The lowest BCUT2D eigenvalue weighted by molar-refractivity contribution is 0.297. The van der Waals surface area contributed by atoms with Crippen LogP contribution in [0.25, 0.3) is 0 Å². The Kier molecular flexibility index (Phi) is 5.57. The summed E-state index contributed by atoms with van der Waals surface area (Å²) in [5.74, 6) is 1.56. The third-order valence-electron chi connectivity index (χ3n) is 2.40. The number of hydrogen-bond acceptors (Lipinski definition) is 3. The summed E-state index contributed by atoms with van der Waals surface area (Å²) in [6.07, 6.45) is 0.863. The summed E-state index contributed by atoms with van der Waals surface area (Å²) in [5, 5.41) is 3.10. The predicted molar refractivity (Wildman–Crippen MR) is 70.7 cm³/mol. The Labute approximate surface area is 103 Å². The first-order chi connectivity index (χ1) is 8.17. The zero-order valence-electron chi connectivity index (χ0n) is 10.9. The fourth-order valence-electron chi connectivity index (χ4n) is 1.48. The van der Waals surface area contributed by atoms with Crippen LogP contribution in [-0.4, -0.2) is 20.8 Å². The molecule has 0 bridgehead atoms. The van der Waals surface area contributed by atoms with Crippen LogP contribution < -0.4 is 14.8 Å². The number of benzene rings is 1. The highest BCUT2D eigenvalue weighted by atomic mass is 16.5. The maximum absolute atomic E-state index is 5.67. The van der Waals surface area contributed by atoms with Gasteiger partial charge in [-0.05, 0) is 31.7 Å². The van der Waals surface area contributed by atoms with Crippen LogP contribution in [0.15, 0.2) is 30.4 Å². The van der Waals surface area contributed by atoms with E-state index in [4.69, 9.17) is 9.47 Å². The number of hydrogen-bond donors (Lipinski definition) is 1. The zero-order valence-corrected chi connectivity index (χ0v) is 10.9. The van der Waals surface area contributed by atoms with Crippen LogP contribution in [0.2, 0.25) is 0 Å². The molecule has 0 aromatic heterocycles. The van der Waals surface area contributed by atoms with Crippen LogP contribution in [0.4, 0.5) is 0 Å². The summed E-state index contributed by atoms with van der Waals surface area (Å²) in [7, 11) is 3.58. The van der Waals surface area contributed by atoms with Crippen molar-refractivity contribution in [1.29, 1.82) is 0 Å². The minimum Gasteiger partial charge on any atom is -0.493 e. The topological polar surface area (TPSA) is 30.5 Å². The molecule has 0 fully saturated rings. The van der Waals surface area contributed by atoms with Gasteiger partial charge in [0.1, 0.15) is 0 Å². The summed E-state index contributed by atoms with van der Waals surface area (Å²) < 4.78 is 11.0. The lowest BCUT2D eigenvalue weighted by atomic mass is 10.2. The van der Waals surface area contributed by atoms with Crippen LogP contribution >= 0.6 is 0 Å². The van der Waals surface area contributed by atoms with Crippen molar-refractivity contribution in [1.82, 2.24) is 5.32 Å². The maximum atomic E-state index is 5.67. The molecule has 1 N–H and O–H groups in total. The van der Waals surface area contributed by atoms with Gasteiger partial charge in [0.2, 0.25) is 0 Å². The first-order valence-corrected chi connectivity index (χ1v) is 5.76. The monoisotopic (exact) mass is 235 g/mol. The van der Waals surface area contributed by atoms with Crippen LogP contribution in [0.1, 0.15) is 18.9 Å². The van der Waals surface area contributed by atoms with Crippen LogP contribution in [0, 0.1) is 0 Å². The van der Waals surface area contributed by atoms with E-state index in [2.05, 4.69) is 11.9 Å². The average Bonchev–Trinajstić information content (AvgIpc) is 2.30. The Balaban J connectivity index is 2.67. The fourth-order valence-corrected chi connectivity index (χ4v) is 1.48. The molecule has 1 rings (SSSR count). The van der Waals surface area contributed by atoms with Crippen molar-refractivity contribution >= 4 is 0 Å². The quantitative estimate of drug-likeness (QED) is 0.737. The second kappa shape index (κ2) is 6.97. The molecule has 0 saturated carbocycles. The molecule has 94 valence electrons. The summed E-state index contributed by atoms with van der Waals surface area (Å²) in [5.41, 5.74) is 2.30. The van der Waals surface area contributed by atoms with Crippen molar-refractivity contribution in [3.05, 3.63) is 35.9 Å². The number of ether oxygens (including phenoxy) is 2. The Morgan fingerprint density at radius 2 is 2.12 bits per heavy atom. The smallest absolute Gasteiger partial charge is 0.161 e. The van der Waals surface area contributed by atoms with Crippen molar-refractivity contribution in [2.24, 2.45) is 0 Å². The molecule has 0 atom stereocenters. The highest BCUT2D eigenvalue weighted by Gasteiger charge is 2.05. The van der Waals surface area contributed by atoms with Crippen LogP contribution in [0.3, 0.4) is 0 Å². The van der Waals surface area contributed by atoms with E-state index < -0.39 is 0 Å². The molecule has 0 aliphatic carbocycles. The van der Waals surface area contributed by atoms with Gasteiger partial charge in [0, 0.05) is 13.0 Å². The van der Waals surface area contributed by atoms with Crippen LogP contribution in [-0.2, 0) is 6.54 Å². The highest BCUT2D eigenvalue weighted by molar-refractivity contribution is 5.42. The normalized spacial score (nSPS) is 10.1. The van der Waals surface area contributed by atoms with Gasteiger partial charge in [0.15, 0.2) is 11.5 Å². The van der Waals surface area contributed by atoms with Gasteiger partial charge < -0.3 is 14.8 Å². The van der Waals surface area contributed by atoms with Crippen molar-refractivity contribution < 1.29 is 9.47 Å². The summed E-state index contributed by atoms with van der Waals surface area (Å²) in [6, 6.07) is 5.98. The Bertz CT molecular complexity index is 374. The van der Waals surface area contributed by atoms with Crippen molar-refractivity contribution in [2.75, 3.05) is 20.8 Å². The minimum atomic E-state index is 0.636. The summed E-state index contributed by atoms with van der Waals surface area (Å²) in [6.45, 7) is 7.30. The Hall–Kier alpha value is -1.48. The van der Waals surface area contributed by atoms with E-state index in [0.717, 1.165) is 30.0 Å². The van der Waals surface area contributed by atoms with Gasteiger partial charge >= 0.3 is 0 Å². The molecule has 0 aliphatic rings. The molecule has 3 heteroatoms. The third-order valence-corrected chi connectivity index (χ3v) is 2.40. The molecule has 0 radical (unpaired) electrons. The van der Waals surface area contributed by atoms with Gasteiger partial charge in [0.25, 0.3) is 0 Å². The van der Waals surface area contributed by atoms with Crippen molar-refractivity contribution in [3.63, 3.8) is 0 Å². The largest absolute Gasteiger partial charge is 0.493 e. The Morgan fingerprint density at radius 3 is 2.71 bits per heavy atom. The Morgan fingerprint density at radius 1 is 1.35 bits per heavy atom. The van der Waals surface area contributed by atoms with Gasteiger partial charge in [-0.1, -0.05) is 11.6 Å². The standard InChI is InChI=1S/C14H21NO2/c1-11(2)7-8-17-13-6-5-12(10-15-3)9-14(13)16-4/h5-6,9,15H,1,7-8,10H2,2-4H3. The molecule has 1 aromatic rings. The second-order valence-corrected chi connectivity index (χ2v) is 4.07. The summed E-state index contributed by atoms with van der Waals surface area (Å²) in [4.78, 5) is 0. The molecule has 0 unspecified atom stereocenters. The molecule has 17 heavy (non-hydrogen) atoms. The average molecular weight is 235 g/mol. The van der Waals surface area contributed by atoms with Crippen molar-refractivity contribution in [2.45, 2.75) is 19.9 Å². The van der Waals surface area contributed by atoms with Gasteiger partial charge in [-0.15, -0.1) is 6.58 Å². The number of methoxy groups -OCH3 is 1. The molecule has 0 amide bonds. The predicted octanol–water partition coefficient (Wildman–Crippen LogP) is 2.76. The number of nitrogens with one attached hydrogen (secondary N) is 1. The van der Waals surface area contributed by atoms with E-state index in [9.17, 15) is 0 Å². The highest BCUT2D eigenvalue weighted by Crippen LogP contribution is 2.28. The zero-order chi connectivity index (χ0) is 12.7. The van der Waals surface area contributed by atoms with E-state index >= 15 is 0 Å². The van der Waals surface area contributed by atoms with Gasteiger partial charge in [-0.25, -0.2) is 0 Å². The van der Waals surface area contributed by atoms with E-state index in [-0.39, 0.29) is 0 Å². The number of rotatable bonds is 7. The maximum Gasteiger partial charge on any atom is 0.161 e. The van der Waals surface area contributed by atoms with Gasteiger partial charge in [0.05, 0.1) is 13.7 Å². The SMILES string of the molecule is C=C(C)CCOc1ccc(CNC)cc1OC. The van der Waals surface area contributed by atoms with Gasteiger partial charge in [-0.2, -0.15) is 0 Å². The van der Waals surface area contributed by atoms with Gasteiger partial charge in [-0.3, -0.25) is 0 Å². The molecule has 1 aromatic carbocycles. The molecule has 0 heterocycles. The molecule has 0 aliphatic heterocycles.